The molecule has 0 unspecified atom stereocenters. The Hall–Kier alpha value is -1.95. The third kappa shape index (κ3) is 4.51. The zero-order valence-electron chi connectivity index (χ0n) is 13.4. The smallest absolute Gasteiger partial charge is 0.231 e. The molecule has 5 nitrogen and oxygen atoms in total. The molecular weight excluding hydrogens is 297 g/mol. The van der Waals surface area contributed by atoms with Crippen LogP contribution in [0.5, 0.6) is 5.75 Å². The molecule has 2 aromatic rings. The van der Waals surface area contributed by atoms with E-state index in [1.54, 1.807) is 12.1 Å². The first-order valence-corrected chi connectivity index (χ1v) is 8.11. The second kappa shape index (κ2) is 7.55. The highest BCUT2D eigenvalue weighted by Gasteiger charge is 2.25. The fourth-order valence-corrected chi connectivity index (χ4v) is 2.95. The second-order valence-electron chi connectivity index (χ2n) is 5.98. The van der Waals surface area contributed by atoms with Crippen LogP contribution >= 0.6 is 0 Å². The van der Waals surface area contributed by atoms with Crippen molar-refractivity contribution in [3.05, 3.63) is 41.8 Å². The summed E-state index contributed by atoms with van der Waals surface area (Å²) < 4.78 is 23.8. The predicted octanol–water partition coefficient (Wildman–Crippen LogP) is 3.17. The number of halogens is 1. The van der Waals surface area contributed by atoms with Gasteiger partial charge in [0.2, 0.25) is 5.89 Å². The monoisotopic (exact) mass is 319 g/mol. The molecule has 124 valence electrons. The highest BCUT2D eigenvalue weighted by atomic mass is 19.1. The Morgan fingerprint density at radius 1 is 1.35 bits per heavy atom. The molecule has 0 spiro atoms. The molecule has 1 aliphatic rings. The molecule has 0 bridgehead atoms. The lowest BCUT2D eigenvalue weighted by atomic mass is 9.98. The molecule has 1 saturated heterocycles. The molecule has 0 aliphatic carbocycles. The van der Waals surface area contributed by atoms with Crippen LogP contribution in [0.4, 0.5) is 4.39 Å². The summed E-state index contributed by atoms with van der Waals surface area (Å²) in [5.41, 5.74) is 0. The van der Waals surface area contributed by atoms with E-state index in [4.69, 9.17) is 9.26 Å². The first-order valence-electron chi connectivity index (χ1n) is 8.11. The lowest BCUT2D eigenvalue weighted by Crippen LogP contribution is -2.35. The van der Waals surface area contributed by atoms with Gasteiger partial charge in [0.1, 0.15) is 11.6 Å². The quantitative estimate of drug-likeness (QED) is 0.766. The number of hydrogen-bond donors (Lipinski definition) is 0. The SMILES string of the molecule is Cc1noc([C@H]2CCCN(CCCOc3ccc(F)cc3)C2)n1. The number of nitrogens with zero attached hydrogens (tertiary/aromatic N) is 3. The van der Waals surface area contributed by atoms with E-state index < -0.39 is 0 Å². The van der Waals surface area contributed by atoms with Gasteiger partial charge >= 0.3 is 0 Å². The fraction of sp³-hybridized carbons (Fsp3) is 0.529. The Morgan fingerprint density at radius 2 is 2.17 bits per heavy atom. The van der Waals surface area contributed by atoms with Gasteiger partial charge in [0.05, 0.1) is 12.5 Å². The van der Waals surface area contributed by atoms with E-state index >= 15 is 0 Å². The summed E-state index contributed by atoms with van der Waals surface area (Å²) in [6, 6.07) is 6.14. The molecule has 1 atom stereocenters. The molecule has 0 amide bonds. The molecule has 1 aliphatic heterocycles. The zero-order valence-corrected chi connectivity index (χ0v) is 13.4. The Bertz CT molecular complexity index is 615. The second-order valence-corrected chi connectivity index (χ2v) is 5.98. The maximum atomic E-state index is 12.8. The molecule has 3 rings (SSSR count). The average molecular weight is 319 g/mol. The van der Waals surface area contributed by atoms with Crippen molar-refractivity contribution in [3.63, 3.8) is 0 Å². The first kappa shape index (κ1) is 15.9. The molecule has 2 heterocycles. The number of benzene rings is 1. The van der Waals surface area contributed by atoms with Gasteiger partial charge < -0.3 is 14.2 Å². The molecular formula is C17H22FN3O2. The molecule has 23 heavy (non-hydrogen) atoms. The van der Waals surface area contributed by atoms with Crippen molar-refractivity contribution in [1.29, 1.82) is 0 Å². The maximum Gasteiger partial charge on any atom is 0.231 e. The van der Waals surface area contributed by atoms with Gasteiger partial charge in [0.15, 0.2) is 5.82 Å². The Kier molecular flexibility index (Phi) is 5.23. The van der Waals surface area contributed by atoms with Gasteiger partial charge in [-0.2, -0.15) is 4.98 Å². The highest BCUT2D eigenvalue weighted by molar-refractivity contribution is 5.21. The van der Waals surface area contributed by atoms with Crippen LogP contribution in [-0.2, 0) is 0 Å². The number of hydrogen-bond acceptors (Lipinski definition) is 5. The van der Waals surface area contributed by atoms with Crippen LogP contribution < -0.4 is 4.74 Å². The fourth-order valence-electron chi connectivity index (χ4n) is 2.95. The van der Waals surface area contributed by atoms with Crippen molar-refractivity contribution < 1.29 is 13.7 Å². The molecule has 1 fully saturated rings. The maximum absolute atomic E-state index is 12.8. The van der Waals surface area contributed by atoms with Crippen molar-refractivity contribution in [1.82, 2.24) is 15.0 Å². The van der Waals surface area contributed by atoms with Crippen LogP contribution in [0.1, 0.15) is 36.9 Å². The van der Waals surface area contributed by atoms with Crippen molar-refractivity contribution in [2.75, 3.05) is 26.2 Å². The normalized spacial score (nSPS) is 19.0. The van der Waals surface area contributed by atoms with Crippen molar-refractivity contribution in [3.8, 4) is 5.75 Å². The summed E-state index contributed by atoms with van der Waals surface area (Å²) in [7, 11) is 0. The van der Waals surface area contributed by atoms with Crippen LogP contribution in [0.3, 0.4) is 0 Å². The number of aromatic nitrogens is 2. The van der Waals surface area contributed by atoms with E-state index in [2.05, 4.69) is 15.0 Å². The largest absolute Gasteiger partial charge is 0.494 e. The zero-order chi connectivity index (χ0) is 16.1. The standard InChI is InChI=1S/C17H22FN3O2/c1-13-19-17(23-20-13)14-4-2-9-21(12-14)10-3-11-22-16-7-5-15(18)6-8-16/h5-8,14H,2-4,9-12H2,1H3/t14-/m0/s1. The van der Waals surface area contributed by atoms with E-state index in [0.717, 1.165) is 44.8 Å². The topological polar surface area (TPSA) is 51.4 Å². The number of piperidine rings is 1. The van der Waals surface area contributed by atoms with Crippen LogP contribution in [0.2, 0.25) is 0 Å². The minimum absolute atomic E-state index is 0.243. The number of ether oxygens (including phenoxy) is 1. The van der Waals surface area contributed by atoms with Crippen LogP contribution in [0.25, 0.3) is 0 Å². The first-order chi connectivity index (χ1) is 11.2. The summed E-state index contributed by atoms with van der Waals surface area (Å²) in [5, 5.41) is 3.88. The lowest BCUT2D eigenvalue weighted by Gasteiger charge is -2.30. The van der Waals surface area contributed by atoms with Gasteiger partial charge in [0.25, 0.3) is 0 Å². The summed E-state index contributed by atoms with van der Waals surface area (Å²) in [4.78, 5) is 6.77. The van der Waals surface area contributed by atoms with E-state index in [-0.39, 0.29) is 5.82 Å². The molecule has 0 radical (unpaired) electrons. The Labute approximate surface area is 135 Å². The van der Waals surface area contributed by atoms with Gasteiger partial charge in [0, 0.05) is 13.1 Å². The predicted molar refractivity (Wildman–Crippen MR) is 84.0 cm³/mol. The number of aryl methyl sites for hydroxylation is 1. The summed E-state index contributed by atoms with van der Waals surface area (Å²) in [6.45, 7) is 5.51. The Balaban J connectivity index is 1.40. The van der Waals surface area contributed by atoms with E-state index in [1.165, 1.54) is 12.1 Å². The van der Waals surface area contributed by atoms with E-state index in [1.807, 2.05) is 6.92 Å². The highest BCUT2D eigenvalue weighted by Crippen LogP contribution is 2.25. The summed E-state index contributed by atoms with van der Waals surface area (Å²) in [5.74, 6) is 2.26. The van der Waals surface area contributed by atoms with Gasteiger partial charge in [-0.1, -0.05) is 5.16 Å². The average Bonchev–Trinajstić information content (AvgIpc) is 3.00. The van der Waals surface area contributed by atoms with Gasteiger partial charge in [-0.05, 0) is 57.0 Å². The Morgan fingerprint density at radius 3 is 2.91 bits per heavy atom. The van der Waals surface area contributed by atoms with Crippen LogP contribution in [-0.4, -0.2) is 41.3 Å². The summed E-state index contributed by atoms with van der Waals surface area (Å²) >= 11 is 0. The minimum atomic E-state index is -0.243. The molecule has 6 heteroatoms. The number of rotatable bonds is 6. The third-order valence-electron chi connectivity index (χ3n) is 4.10. The van der Waals surface area contributed by atoms with E-state index in [9.17, 15) is 4.39 Å². The lowest BCUT2D eigenvalue weighted by molar-refractivity contribution is 0.173. The third-order valence-corrected chi connectivity index (χ3v) is 4.10. The van der Waals surface area contributed by atoms with Crippen LogP contribution in [0, 0.1) is 12.7 Å². The number of likely N-dealkylation sites (tertiary alicyclic amines) is 1. The molecule has 1 aromatic carbocycles. The van der Waals surface area contributed by atoms with Crippen LogP contribution in [0.15, 0.2) is 28.8 Å². The minimum Gasteiger partial charge on any atom is -0.494 e. The summed E-state index contributed by atoms with van der Waals surface area (Å²) in [6.07, 6.45) is 3.18. The molecule has 0 saturated carbocycles. The van der Waals surface area contributed by atoms with Crippen molar-refractivity contribution in [2.45, 2.75) is 32.1 Å². The van der Waals surface area contributed by atoms with Gasteiger partial charge in [-0.25, -0.2) is 4.39 Å². The molecule has 0 N–H and O–H groups in total. The van der Waals surface area contributed by atoms with Crippen molar-refractivity contribution >= 4 is 0 Å². The van der Waals surface area contributed by atoms with Gasteiger partial charge in [-0.3, -0.25) is 0 Å². The van der Waals surface area contributed by atoms with Gasteiger partial charge in [-0.15, -0.1) is 0 Å². The molecule has 1 aromatic heterocycles. The van der Waals surface area contributed by atoms with Crippen molar-refractivity contribution in [2.24, 2.45) is 0 Å². The van der Waals surface area contributed by atoms with E-state index in [0.29, 0.717) is 24.1 Å².